The molecule has 0 saturated carbocycles. The average molecular weight is 233 g/mol. The summed E-state index contributed by atoms with van der Waals surface area (Å²) in [6, 6.07) is -0.729. The van der Waals surface area contributed by atoms with Crippen molar-refractivity contribution in [2.75, 3.05) is 6.61 Å². The lowest BCUT2D eigenvalue weighted by Crippen LogP contribution is -2.53. The Labute approximate surface area is 96.8 Å². The lowest BCUT2D eigenvalue weighted by atomic mass is 9.94. The summed E-state index contributed by atoms with van der Waals surface area (Å²) >= 11 is 0. The molecule has 5 heteroatoms. The average Bonchev–Trinajstić information content (AvgIpc) is 2.11. The van der Waals surface area contributed by atoms with Crippen LogP contribution in [0.4, 0.5) is 4.79 Å². The van der Waals surface area contributed by atoms with Crippen LogP contribution < -0.4 is 5.32 Å². The van der Waals surface area contributed by atoms with Gasteiger partial charge in [0, 0.05) is 0 Å². The van der Waals surface area contributed by atoms with Crippen LogP contribution in [-0.2, 0) is 4.74 Å². The van der Waals surface area contributed by atoms with E-state index in [1.165, 1.54) is 0 Å². The van der Waals surface area contributed by atoms with Gasteiger partial charge in [0.2, 0.25) is 0 Å². The second kappa shape index (κ2) is 5.50. The molecule has 0 aromatic heterocycles. The number of amides is 1. The molecular weight excluding hydrogens is 210 g/mol. The molecule has 16 heavy (non-hydrogen) atoms. The molecule has 2 atom stereocenters. The zero-order chi connectivity index (χ0) is 13.0. The van der Waals surface area contributed by atoms with Crippen molar-refractivity contribution in [2.24, 2.45) is 0 Å². The molecule has 0 aromatic carbocycles. The van der Waals surface area contributed by atoms with Crippen molar-refractivity contribution in [3.8, 4) is 0 Å². The van der Waals surface area contributed by atoms with Crippen LogP contribution in [0.2, 0.25) is 0 Å². The summed E-state index contributed by atoms with van der Waals surface area (Å²) in [6.07, 6.45) is -0.214. The Morgan fingerprint density at radius 2 is 1.88 bits per heavy atom. The highest BCUT2D eigenvalue weighted by molar-refractivity contribution is 5.68. The zero-order valence-corrected chi connectivity index (χ0v) is 10.7. The van der Waals surface area contributed by atoms with Crippen LogP contribution in [0.5, 0.6) is 0 Å². The molecular formula is C11H23NO4. The van der Waals surface area contributed by atoms with Crippen LogP contribution in [0.25, 0.3) is 0 Å². The number of aliphatic hydroxyl groups excluding tert-OH is 1. The van der Waals surface area contributed by atoms with E-state index in [9.17, 15) is 9.90 Å². The fourth-order valence-corrected chi connectivity index (χ4v) is 1.09. The molecule has 0 unspecified atom stereocenters. The van der Waals surface area contributed by atoms with Crippen LogP contribution in [0.3, 0.4) is 0 Å². The van der Waals surface area contributed by atoms with Gasteiger partial charge in [0.05, 0.1) is 18.2 Å². The number of alkyl carbamates (subject to hydrolysis) is 1. The maximum absolute atomic E-state index is 11.4. The van der Waals surface area contributed by atoms with E-state index in [0.717, 1.165) is 0 Å². The minimum atomic E-state index is -1.15. The molecule has 0 radical (unpaired) electrons. The van der Waals surface area contributed by atoms with Crippen molar-refractivity contribution >= 4 is 6.09 Å². The van der Waals surface area contributed by atoms with Gasteiger partial charge in [0.15, 0.2) is 0 Å². The van der Waals surface area contributed by atoms with Crippen molar-refractivity contribution in [1.82, 2.24) is 5.32 Å². The Bertz CT molecular complexity index is 233. The minimum Gasteiger partial charge on any atom is -0.444 e. The number of aliphatic hydroxyl groups is 2. The van der Waals surface area contributed by atoms with Crippen molar-refractivity contribution in [3.63, 3.8) is 0 Å². The summed E-state index contributed by atoms with van der Waals surface area (Å²) in [6.45, 7) is 8.25. The van der Waals surface area contributed by atoms with Crippen LogP contribution in [0.15, 0.2) is 0 Å². The Kier molecular flexibility index (Phi) is 5.22. The molecule has 0 aromatic rings. The number of carbonyl (C=O) groups is 1. The molecule has 0 heterocycles. The summed E-state index contributed by atoms with van der Waals surface area (Å²) < 4.78 is 5.04. The van der Waals surface area contributed by atoms with Crippen LogP contribution in [-0.4, -0.2) is 40.2 Å². The maximum Gasteiger partial charge on any atom is 0.408 e. The van der Waals surface area contributed by atoms with Gasteiger partial charge in [0.1, 0.15) is 5.60 Å². The number of hydrogen-bond donors (Lipinski definition) is 3. The minimum absolute atomic E-state index is 0.333. The number of nitrogens with one attached hydrogen (secondary N) is 1. The smallest absolute Gasteiger partial charge is 0.408 e. The molecule has 0 aliphatic carbocycles. The summed E-state index contributed by atoms with van der Waals surface area (Å²) in [7, 11) is 0. The monoisotopic (exact) mass is 233 g/mol. The Morgan fingerprint density at radius 1 is 1.38 bits per heavy atom. The van der Waals surface area contributed by atoms with Gasteiger partial charge in [-0.1, -0.05) is 6.92 Å². The van der Waals surface area contributed by atoms with Crippen molar-refractivity contribution < 1.29 is 19.7 Å². The molecule has 0 aliphatic heterocycles. The largest absolute Gasteiger partial charge is 0.444 e. The van der Waals surface area contributed by atoms with E-state index in [2.05, 4.69) is 5.32 Å². The quantitative estimate of drug-likeness (QED) is 0.677. The lowest BCUT2D eigenvalue weighted by Gasteiger charge is -2.32. The zero-order valence-electron chi connectivity index (χ0n) is 10.7. The molecule has 5 nitrogen and oxygen atoms in total. The maximum atomic E-state index is 11.4. The van der Waals surface area contributed by atoms with E-state index in [1.54, 1.807) is 34.6 Å². The van der Waals surface area contributed by atoms with Crippen LogP contribution in [0.1, 0.15) is 41.0 Å². The number of carbonyl (C=O) groups excluding carboxylic acids is 1. The molecule has 96 valence electrons. The highest BCUT2D eigenvalue weighted by Gasteiger charge is 2.32. The highest BCUT2D eigenvalue weighted by Crippen LogP contribution is 2.15. The first-order chi connectivity index (χ1) is 7.12. The van der Waals surface area contributed by atoms with E-state index >= 15 is 0 Å². The third-order valence-corrected chi connectivity index (χ3v) is 2.34. The second-order valence-electron chi connectivity index (χ2n) is 5.09. The molecule has 0 fully saturated rings. The molecule has 3 N–H and O–H groups in total. The highest BCUT2D eigenvalue weighted by atomic mass is 16.6. The summed E-state index contributed by atoms with van der Waals surface area (Å²) in [4.78, 5) is 11.4. The molecule has 0 spiro atoms. The first-order valence-corrected chi connectivity index (χ1v) is 5.45. The number of ether oxygens (including phenoxy) is 1. The van der Waals surface area contributed by atoms with Gasteiger partial charge in [-0.15, -0.1) is 0 Å². The fraction of sp³-hybridized carbons (Fsp3) is 0.909. The molecule has 0 aliphatic rings. The second-order valence-corrected chi connectivity index (χ2v) is 5.09. The van der Waals surface area contributed by atoms with E-state index in [1.807, 2.05) is 0 Å². The third-order valence-electron chi connectivity index (χ3n) is 2.34. The van der Waals surface area contributed by atoms with Gasteiger partial charge < -0.3 is 20.3 Å². The number of rotatable bonds is 4. The van der Waals surface area contributed by atoms with Gasteiger partial charge in [-0.05, 0) is 34.1 Å². The van der Waals surface area contributed by atoms with Crippen molar-refractivity contribution in [3.05, 3.63) is 0 Å². The normalized spacial score (nSPS) is 17.4. The van der Waals surface area contributed by atoms with Gasteiger partial charge >= 0.3 is 6.09 Å². The van der Waals surface area contributed by atoms with Crippen molar-refractivity contribution in [1.29, 1.82) is 0 Å². The molecule has 0 rings (SSSR count). The summed E-state index contributed by atoms with van der Waals surface area (Å²) in [5.41, 5.74) is -1.74. The van der Waals surface area contributed by atoms with E-state index in [-0.39, 0.29) is 6.61 Å². The standard InChI is InChI=1S/C11H23NO4/c1-6-11(5,15)8(7-13)12-9(14)16-10(2,3)4/h8,13,15H,6-7H2,1-5H3,(H,12,14)/t8-,11-/m1/s1. The number of hydrogen-bond acceptors (Lipinski definition) is 4. The van der Waals surface area contributed by atoms with E-state index < -0.39 is 23.3 Å². The first-order valence-electron chi connectivity index (χ1n) is 5.45. The Hall–Kier alpha value is -0.810. The van der Waals surface area contributed by atoms with Gasteiger partial charge in [-0.3, -0.25) is 0 Å². The Morgan fingerprint density at radius 3 is 2.19 bits per heavy atom. The predicted molar refractivity (Wildman–Crippen MR) is 61.2 cm³/mol. The first kappa shape index (κ1) is 15.2. The fourth-order valence-electron chi connectivity index (χ4n) is 1.09. The van der Waals surface area contributed by atoms with E-state index in [0.29, 0.717) is 6.42 Å². The molecule has 1 amide bonds. The molecule has 0 saturated heterocycles. The van der Waals surface area contributed by atoms with Gasteiger partial charge in [-0.25, -0.2) is 4.79 Å². The van der Waals surface area contributed by atoms with Gasteiger partial charge in [-0.2, -0.15) is 0 Å². The van der Waals surface area contributed by atoms with Crippen molar-refractivity contribution in [2.45, 2.75) is 58.3 Å². The Balaban J connectivity index is 4.40. The van der Waals surface area contributed by atoms with Crippen LogP contribution in [0, 0.1) is 0 Å². The predicted octanol–water partition coefficient (Wildman–Crippen LogP) is 1.03. The van der Waals surface area contributed by atoms with Crippen LogP contribution >= 0.6 is 0 Å². The van der Waals surface area contributed by atoms with Gasteiger partial charge in [0.25, 0.3) is 0 Å². The SMILES string of the molecule is CC[C@@](C)(O)[C@@H](CO)NC(=O)OC(C)(C)C. The summed E-state index contributed by atoms with van der Waals surface area (Å²) in [5.74, 6) is 0. The topological polar surface area (TPSA) is 78.8 Å². The lowest BCUT2D eigenvalue weighted by molar-refractivity contribution is -0.0130. The molecule has 0 bridgehead atoms. The third kappa shape index (κ3) is 5.32. The van der Waals surface area contributed by atoms with E-state index in [4.69, 9.17) is 9.84 Å². The summed E-state index contributed by atoms with van der Waals surface area (Å²) in [5, 5.41) is 21.5.